The number of carbonyl (C=O) groups is 1. The largest absolute Gasteiger partial charge is 0.504 e. The summed E-state index contributed by atoms with van der Waals surface area (Å²) in [5.74, 6) is -0.184. The topological polar surface area (TPSA) is 132 Å². The number of carbonyl (C=O) groups excluding carboxylic acids is 1. The molecule has 0 unspecified atom stereocenters. The van der Waals surface area contributed by atoms with E-state index in [2.05, 4.69) is 31.6 Å². The second kappa shape index (κ2) is 9.85. The Bertz CT molecular complexity index is 1130. The first-order valence-electron chi connectivity index (χ1n) is 9.13. The molecule has 2 aromatic carbocycles. The molecule has 0 saturated heterocycles. The number of phenolic OH excluding ortho intramolecular Hbond substituents is 1. The van der Waals surface area contributed by atoms with Gasteiger partial charge in [-0.2, -0.15) is 10.2 Å². The molecule has 1 heterocycles. The van der Waals surface area contributed by atoms with Crippen molar-refractivity contribution in [3.05, 3.63) is 80.1 Å². The summed E-state index contributed by atoms with van der Waals surface area (Å²) in [5, 5.41) is 28.7. The van der Waals surface area contributed by atoms with Gasteiger partial charge in [-0.15, -0.1) is 0 Å². The molecule has 10 nitrogen and oxygen atoms in total. The van der Waals surface area contributed by atoms with Crippen molar-refractivity contribution in [1.29, 1.82) is 0 Å². The van der Waals surface area contributed by atoms with Crippen molar-refractivity contribution in [3.63, 3.8) is 0 Å². The number of phenols is 1. The fraction of sp³-hybridized carbons (Fsp3) is 0.150. The molecule has 0 spiro atoms. The number of benzene rings is 2. The van der Waals surface area contributed by atoms with Gasteiger partial charge >= 0.3 is 0 Å². The number of halogens is 1. The standard InChI is InChI=1S/C20H18BrN5O5/c1-2-31-18-8-5-14(9-17(18)27)10-22-23-20(28)19-16(21)12-25(24-19)11-13-3-6-15(7-4-13)26(29)30/h3-10,12,27H,2,11H2,1H3,(H,23,28). The van der Waals surface area contributed by atoms with Crippen molar-refractivity contribution in [1.82, 2.24) is 15.2 Å². The van der Waals surface area contributed by atoms with Crippen LogP contribution in [0.3, 0.4) is 0 Å². The van der Waals surface area contributed by atoms with Gasteiger partial charge in [-0.25, -0.2) is 5.43 Å². The molecule has 0 bridgehead atoms. The van der Waals surface area contributed by atoms with Gasteiger partial charge in [0, 0.05) is 18.3 Å². The lowest BCUT2D eigenvalue weighted by Crippen LogP contribution is -2.19. The first kappa shape index (κ1) is 22.0. The SMILES string of the molecule is CCOc1ccc(C=NNC(=O)c2nn(Cc3ccc([N+](=O)[O-])cc3)cc2Br)cc1O. The van der Waals surface area contributed by atoms with E-state index in [0.29, 0.717) is 28.9 Å². The number of hydrogen-bond donors (Lipinski definition) is 2. The van der Waals surface area contributed by atoms with Crippen molar-refractivity contribution in [2.75, 3.05) is 6.61 Å². The molecule has 31 heavy (non-hydrogen) atoms. The van der Waals surface area contributed by atoms with Crippen molar-refractivity contribution < 1.29 is 19.6 Å². The van der Waals surface area contributed by atoms with Crippen LogP contribution in [-0.4, -0.2) is 38.5 Å². The van der Waals surface area contributed by atoms with E-state index in [0.717, 1.165) is 5.56 Å². The number of aromatic nitrogens is 2. The molecular formula is C20H18BrN5O5. The van der Waals surface area contributed by atoms with E-state index in [1.54, 1.807) is 30.5 Å². The van der Waals surface area contributed by atoms with Crippen LogP contribution in [0.4, 0.5) is 5.69 Å². The Morgan fingerprint density at radius 3 is 2.74 bits per heavy atom. The van der Waals surface area contributed by atoms with Crippen LogP contribution in [0.1, 0.15) is 28.5 Å². The third-order valence-corrected chi connectivity index (χ3v) is 4.67. The Balaban J connectivity index is 1.63. The van der Waals surface area contributed by atoms with Crippen LogP contribution < -0.4 is 10.2 Å². The Morgan fingerprint density at radius 1 is 1.35 bits per heavy atom. The minimum Gasteiger partial charge on any atom is -0.504 e. The minimum absolute atomic E-state index is 0.00386. The lowest BCUT2D eigenvalue weighted by molar-refractivity contribution is -0.384. The average molecular weight is 488 g/mol. The number of nitro benzene ring substituents is 1. The zero-order valence-corrected chi connectivity index (χ0v) is 17.9. The second-order valence-electron chi connectivity index (χ2n) is 6.31. The van der Waals surface area contributed by atoms with Gasteiger partial charge in [-0.05, 0) is 52.2 Å². The lowest BCUT2D eigenvalue weighted by atomic mass is 10.2. The summed E-state index contributed by atoms with van der Waals surface area (Å²) < 4.78 is 7.27. The Kier molecular flexibility index (Phi) is 6.98. The van der Waals surface area contributed by atoms with Crippen LogP contribution in [-0.2, 0) is 6.54 Å². The summed E-state index contributed by atoms with van der Waals surface area (Å²) >= 11 is 3.30. The van der Waals surface area contributed by atoms with E-state index in [1.807, 2.05) is 6.92 Å². The molecule has 11 heteroatoms. The molecule has 0 aliphatic heterocycles. The maximum atomic E-state index is 12.4. The highest BCUT2D eigenvalue weighted by Crippen LogP contribution is 2.26. The number of nitro groups is 1. The normalized spacial score (nSPS) is 10.9. The van der Waals surface area contributed by atoms with E-state index in [9.17, 15) is 20.0 Å². The van der Waals surface area contributed by atoms with Crippen molar-refractivity contribution in [2.45, 2.75) is 13.5 Å². The highest BCUT2D eigenvalue weighted by atomic mass is 79.9. The fourth-order valence-electron chi connectivity index (χ4n) is 2.65. The number of aromatic hydroxyl groups is 1. The summed E-state index contributed by atoms with van der Waals surface area (Å²) in [6, 6.07) is 10.8. The van der Waals surface area contributed by atoms with E-state index in [-0.39, 0.29) is 17.1 Å². The van der Waals surface area contributed by atoms with Gasteiger partial charge in [0.1, 0.15) is 0 Å². The van der Waals surface area contributed by atoms with Gasteiger partial charge in [0.25, 0.3) is 11.6 Å². The van der Waals surface area contributed by atoms with Gasteiger partial charge < -0.3 is 9.84 Å². The van der Waals surface area contributed by atoms with Crippen LogP contribution in [0, 0.1) is 10.1 Å². The highest BCUT2D eigenvalue weighted by Gasteiger charge is 2.15. The number of ether oxygens (including phenoxy) is 1. The molecule has 0 aliphatic rings. The van der Waals surface area contributed by atoms with Gasteiger partial charge in [0.15, 0.2) is 17.2 Å². The zero-order chi connectivity index (χ0) is 22.4. The molecule has 3 rings (SSSR count). The summed E-state index contributed by atoms with van der Waals surface area (Å²) in [6.45, 7) is 2.58. The monoisotopic (exact) mass is 487 g/mol. The third-order valence-electron chi connectivity index (χ3n) is 4.09. The highest BCUT2D eigenvalue weighted by molar-refractivity contribution is 9.10. The fourth-order valence-corrected chi connectivity index (χ4v) is 3.15. The predicted molar refractivity (Wildman–Crippen MR) is 116 cm³/mol. The minimum atomic E-state index is -0.527. The van der Waals surface area contributed by atoms with Crippen LogP contribution in [0.2, 0.25) is 0 Å². The van der Waals surface area contributed by atoms with Gasteiger partial charge in [-0.1, -0.05) is 12.1 Å². The summed E-state index contributed by atoms with van der Waals surface area (Å²) in [6.07, 6.45) is 3.01. The summed E-state index contributed by atoms with van der Waals surface area (Å²) in [5.41, 5.74) is 3.88. The molecule has 0 radical (unpaired) electrons. The van der Waals surface area contributed by atoms with Gasteiger partial charge in [0.05, 0.1) is 28.8 Å². The number of amides is 1. The predicted octanol–water partition coefficient (Wildman–Crippen LogP) is 3.47. The van der Waals surface area contributed by atoms with Crippen molar-refractivity contribution in [2.24, 2.45) is 5.10 Å². The van der Waals surface area contributed by atoms with E-state index in [4.69, 9.17) is 4.74 Å². The van der Waals surface area contributed by atoms with Crippen LogP contribution in [0.25, 0.3) is 0 Å². The Hall–Kier alpha value is -3.73. The second-order valence-corrected chi connectivity index (χ2v) is 7.16. The molecule has 0 aliphatic carbocycles. The number of non-ortho nitro benzene ring substituents is 1. The quantitative estimate of drug-likeness (QED) is 0.284. The molecule has 1 amide bonds. The molecule has 3 aromatic rings. The Labute approximate surface area is 185 Å². The lowest BCUT2D eigenvalue weighted by Gasteiger charge is -2.05. The number of nitrogens with one attached hydrogen (secondary N) is 1. The maximum Gasteiger partial charge on any atom is 0.293 e. The first-order chi connectivity index (χ1) is 14.9. The van der Waals surface area contributed by atoms with E-state index in [1.165, 1.54) is 29.1 Å². The third kappa shape index (κ3) is 5.66. The van der Waals surface area contributed by atoms with E-state index < -0.39 is 10.8 Å². The van der Waals surface area contributed by atoms with Crippen LogP contribution in [0.15, 0.2) is 58.2 Å². The number of hydrogen-bond acceptors (Lipinski definition) is 7. The number of rotatable bonds is 8. The molecule has 0 fully saturated rings. The van der Waals surface area contributed by atoms with Crippen molar-refractivity contribution >= 4 is 33.7 Å². The van der Waals surface area contributed by atoms with Crippen LogP contribution in [0.5, 0.6) is 11.5 Å². The van der Waals surface area contributed by atoms with Crippen molar-refractivity contribution in [3.8, 4) is 11.5 Å². The molecule has 1 aromatic heterocycles. The van der Waals surface area contributed by atoms with Gasteiger partial charge in [0.2, 0.25) is 0 Å². The molecular weight excluding hydrogens is 470 g/mol. The molecule has 0 atom stereocenters. The zero-order valence-electron chi connectivity index (χ0n) is 16.4. The summed E-state index contributed by atoms with van der Waals surface area (Å²) in [4.78, 5) is 22.6. The maximum absolute atomic E-state index is 12.4. The molecule has 2 N–H and O–H groups in total. The molecule has 0 saturated carbocycles. The van der Waals surface area contributed by atoms with Crippen LogP contribution >= 0.6 is 15.9 Å². The smallest absolute Gasteiger partial charge is 0.293 e. The number of hydrazone groups is 1. The molecule has 160 valence electrons. The van der Waals surface area contributed by atoms with E-state index >= 15 is 0 Å². The first-order valence-corrected chi connectivity index (χ1v) is 9.92. The van der Waals surface area contributed by atoms with Gasteiger partial charge in [-0.3, -0.25) is 19.6 Å². The average Bonchev–Trinajstić information content (AvgIpc) is 3.10. The summed E-state index contributed by atoms with van der Waals surface area (Å²) in [7, 11) is 0. The Morgan fingerprint density at radius 2 is 2.10 bits per heavy atom. The number of nitrogens with zero attached hydrogens (tertiary/aromatic N) is 4.